The van der Waals surface area contributed by atoms with E-state index in [1.165, 1.54) is 0 Å². The molecule has 0 aromatic rings. The average Bonchev–Trinajstić information content (AvgIpc) is 2.39. The molecule has 0 aliphatic carbocycles. The normalized spacial score (nSPS) is 14.3. The Labute approximate surface area is 127 Å². The largest absolute Gasteiger partial charge is 0.480 e. The topological polar surface area (TPSA) is 127 Å². The fraction of sp³-hybridized carbons (Fsp3) is 0.667. The smallest absolute Gasteiger partial charge is 0.320 e. The van der Waals surface area contributed by atoms with Crippen molar-refractivity contribution in [1.29, 1.82) is 0 Å². The zero-order chi connectivity index (χ0) is 15.4. The first-order chi connectivity index (χ1) is 9.45. The van der Waals surface area contributed by atoms with Gasteiger partial charge in [0.05, 0.1) is 0 Å². The number of hydrogen-bond donors (Lipinski definition) is 4. The molecular weight excluding hydrogens is 300 g/mol. The molecule has 2 atom stereocenters. The van der Waals surface area contributed by atoms with Crippen molar-refractivity contribution in [2.75, 3.05) is 23.0 Å². The van der Waals surface area contributed by atoms with Gasteiger partial charge in [0.25, 0.3) is 0 Å². The second-order valence-corrected chi connectivity index (χ2v) is 6.39. The zero-order valence-corrected chi connectivity index (χ0v) is 12.9. The van der Waals surface area contributed by atoms with Crippen molar-refractivity contribution in [2.24, 2.45) is 11.5 Å². The van der Waals surface area contributed by atoms with Crippen molar-refractivity contribution >= 4 is 35.5 Å². The number of hydrogen-bond acceptors (Lipinski definition) is 6. The molecule has 0 aromatic heterocycles. The molecule has 0 rings (SSSR count). The SMILES string of the molecule is N[C@@H](CCSCC=CCSCC[C@H](N)C(=O)O)C(=O)O. The van der Waals surface area contributed by atoms with Gasteiger partial charge >= 0.3 is 11.9 Å². The third-order valence-corrected chi connectivity index (χ3v) is 4.28. The first-order valence-corrected chi connectivity index (χ1v) is 8.53. The van der Waals surface area contributed by atoms with E-state index in [-0.39, 0.29) is 0 Å². The summed E-state index contributed by atoms with van der Waals surface area (Å²) in [5, 5.41) is 17.2. The molecule has 0 bridgehead atoms. The van der Waals surface area contributed by atoms with Crippen LogP contribution in [0.2, 0.25) is 0 Å². The molecule has 8 heteroatoms. The van der Waals surface area contributed by atoms with Crippen LogP contribution in [0.25, 0.3) is 0 Å². The summed E-state index contributed by atoms with van der Waals surface area (Å²) in [5.74, 6) is 1.16. The molecule has 0 unspecified atom stereocenters. The molecule has 0 saturated carbocycles. The Morgan fingerprint density at radius 3 is 1.55 bits per heavy atom. The average molecular weight is 322 g/mol. The van der Waals surface area contributed by atoms with E-state index in [0.717, 1.165) is 23.0 Å². The maximum absolute atomic E-state index is 10.5. The maximum atomic E-state index is 10.5. The molecule has 0 spiro atoms. The van der Waals surface area contributed by atoms with E-state index in [2.05, 4.69) is 0 Å². The lowest BCUT2D eigenvalue weighted by Gasteiger charge is -2.04. The summed E-state index contributed by atoms with van der Waals surface area (Å²) in [6, 6.07) is -1.55. The highest BCUT2D eigenvalue weighted by molar-refractivity contribution is 7.99. The standard InChI is InChI=1S/C12H22N2O4S2/c13-9(11(15)16)3-7-19-5-1-2-6-20-8-4-10(14)12(17)18/h1-2,9-10H,3-8,13-14H2,(H,15,16)(H,17,18)/t9-,10-/m0/s1. The third-order valence-electron chi connectivity index (χ3n) is 2.38. The lowest BCUT2D eigenvalue weighted by Crippen LogP contribution is -2.30. The van der Waals surface area contributed by atoms with Gasteiger partial charge in [-0.3, -0.25) is 9.59 Å². The number of aliphatic carboxylic acids is 2. The van der Waals surface area contributed by atoms with Gasteiger partial charge < -0.3 is 21.7 Å². The number of carboxylic acids is 2. The molecule has 20 heavy (non-hydrogen) atoms. The highest BCUT2D eigenvalue weighted by atomic mass is 32.2. The van der Waals surface area contributed by atoms with Gasteiger partial charge in [-0.15, -0.1) is 0 Å². The Kier molecular flexibility index (Phi) is 11.6. The molecule has 0 aromatic carbocycles. The molecule has 0 aliphatic rings. The van der Waals surface area contributed by atoms with Crippen LogP contribution in [0.3, 0.4) is 0 Å². The lowest BCUT2D eigenvalue weighted by molar-refractivity contribution is -0.139. The Morgan fingerprint density at radius 1 is 0.900 bits per heavy atom. The van der Waals surface area contributed by atoms with Crippen molar-refractivity contribution in [2.45, 2.75) is 24.9 Å². The van der Waals surface area contributed by atoms with Crippen molar-refractivity contribution in [3.63, 3.8) is 0 Å². The molecular formula is C12H22N2O4S2. The van der Waals surface area contributed by atoms with Crippen LogP contribution >= 0.6 is 23.5 Å². The first-order valence-electron chi connectivity index (χ1n) is 6.22. The van der Waals surface area contributed by atoms with Crippen LogP contribution in [0.15, 0.2) is 12.2 Å². The van der Waals surface area contributed by atoms with E-state index in [1.807, 2.05) is 12.2 Å². The van der Waals surface area contributed by atoms with Gasteiger partial charge in [-0.2, -0.15) is 23.5 Å². The van der Waals surface area contributed by atoms with Crippen molar-refractivity contribution in [1.82, 2.24) is 0 Å². The number of carbonyl (C=O) groups is 2. The van der Waals surface area contributed by atoms with Crippen LogP contribution in [0, 0.1) is 0 Å². The van der Waals surface area contributed by atoms with E-state index in [4.69, 9.17) is 21.7 Å². The van der Waals surface area contributed by atoms with Gasteiger partial charge in [-0.05, 0) is 24.3 Å². The monoisotopic (exact) mass is 322 g/mol. The summed E-state index contributed by atoms with van der Waals surface area (Å²) in [7, 11) is 0. The van der Waals surface area contributed by atoms with Crippen molar-refractivity contribution in [3.8, 4) is 0 Å². The molecule has 0 amide bonds. The minimum Gasteiger partial charge on any atom is -0.480 e. The number of nitrogens with two attached hydrogens (primary N) is 2. The van der Waals surface area contributed by atoms with E-state index in [0.29, 0.717) is 12.8 Å². The first kappa shape index (κ1) is 19.3. The molecule has 0 aliphatic heterocycles. The highest BCUT2D eigenvalue weighted by Crippen LogP contribution is 2.07. The Hall–Kier alpha value is -0.700. The number of carboxylic acid groups (broad SMARTS) is 2. The molecule has 0 saturated heterocycles. The van der Waals surface area contributed by atoms with E-state index < -0.39 is 24.0 Å². The second-order valence-electron chi connectivity index (χ2n) is 4.09. The summed E-state index contributed by atoms with van der Waals surface area (Å²) in [4.78, 5) is 20.9. The van der Waals surface area contributed by atoms with Gasteiger partial charge in [-0.1, -0.05) is 12.2 Å². The zero-order valence-electron chi connectivity index (χ0n) is 11.2. The van der Waals surface area contributed by atoms with E-state index >= 15 is 0 Å². The summed E-state index contributed by atoms with van der Waals surface area (Å²) in [6.45, 7) is 0. The molecule has 116 valence electrons. The molecule has 6 N–H and O–H groups in total. The summed E-state index contributed by atoms with van der Waals surface area (Å²) < 4.78 is 0. The molecule has 0 heterocycles. The summed E-state index contributed by atoms with van der Waals surface area (Å²) >= 11 is 3.27. The predicted octanol–water partition coefficient (Wildman–Crippen LogP) is 0.613. The van der Waals surface area contributed by atoms with Crippen LogP contribution in [0.5, 0.6) is 0 Å². The van der Waals surface area contributed by atoms with E-state index in [9.17, 15) is 9.59 Å². The van der Waals surface area contributed by atoms with Crippen LogP contribution in [-0.2, 0) is 9.59 Å². The third kappa shape index (κ3) is 11.2. The second kappa shape index (κ2) is 12.1. The van der Waals surface area contributed by atoms with Crippen molar-refractivity contribution in [3.05, 3.63) is 12.2 Å². The Morgan fingerprint density at radius 2 is 1.25 bits per heavy atom. The van der Waals surface area contributed by atoms with Gasteiger partial charge in [-0.25, -0.2) is 0 Å². The summed E-state index contributed by atoms with van der Waals surface area (Å²) in [6.07, 6.45) is 4.97. The van der Waals surface area contributed by atoms with Crippen LogP contribution in [-0.4, -0.2) is 57.2 Å². The fourth-order valence-corrected chi connectivity index (χ4v) is 2.83. The number of thioether (sulfide) groups is 2. The molecule has 6 nitrogen and oxygen atoms in total. The highest BCUT2D eigenvalue weighted by Gasteiger charge is 2.10. The molecule has 0 radical (unpaired) electrons. The van der Waals surface area contributed by atoms with Gasteiger partial charge in [0.1, 0.15) is 12.1 Å². The van der Waals surface area contributed by atoms with Crippen LogP contribution in [0.1, 0.15) is 12.8 Å². The quantitative estimate of drug-likeness (QED) is 0.304. The van der Waals surface area contributed by atoms with Gasteiger partial charge in [0.2, 0.25) is 0 Å². The predicted molar refractivity (Wildman–Crippen MR) is 84.2 cm³/mol. The van der Waals surface area contributed by atoms with Crippen LogP contribution in [0.4, 0.5) is 0 Å². The Bertz CT molecular complexity index is 297. The Balaban J connectivity index is 3.37. The lowest BCUT2D eigenvalue weighted by atomic mass is 10.2. The number of rotatable bonds is 12. The maximum Gasteiger partial charge on any atom is 0.320 e. The van der Waals surface area contributed by atoms with Gasteiger partial charge in [0, 0.05) is 11.5 Å². The fourth-order valence-electron chi connectivity index (χ4n) is 1.11. The van der Waals surface area contributed by atoms with E-state index in [1.54, 1.807) is 23.5 Å². The minimum atomic E-state index is -0.961. The van der Waals surface area contributed by atoms with Crippen molar-refractivity contribution < 1.29 is 19.8 Å². The van der Waals surface area contributed by atoms with Crippen LogP contribution < -0.4 is 11.5 Å². The minimum absolute atomic E-state index is 0.468. The summed E-state index contributed by atoms with van der Waals surface area (Å²) in [5.41, 5.74) is 10.7. The van der Waals surface area contributed by atoms with Gasteiger partial charge in [0.15, 0.2) is 0 Å². The molecule has 0 fully saturated rings.